The van der Waals surface area contributed by atoms with Gasteiger partial charge >= 0.3 is 0 Å². The number of thiophene rings is 1. The predicted octanol–water partition coefficient (Wildman–Crippen LogP) is 3.16. The topological polar surface area (TPSA) is 56.4 Å². The summed E-state index contributed by atoms with van der Waals surface area (Å²) in [5.41, 5.74) is 7.47. The van der Waals surface area contributed by atoms with E-state index in [9.17, 15) is 4.79 Å². The Hall–Kier alpha value is -1.44. The number of halogens is 1. The molecular weight excluding hydrogens is 368 g/mol. The number of carbonyl (C=O) groups excluding carboxylic acids is 1. The molecule has 2 aliphatic rings. The van der Waals surface area contributed by atoms with E-state index in [0.29, 0.717) is 22.8 Å². The summed E-state index contributed by atoms with van der Waals surface area (Å²) in [6, 6.07) is 12.0. The summed E-state index contributed by atoms with van der Waals surface area (Å²) in [6.07, 6.45) is 3.36. The van der Waals surface area contributed by atoms with E-state index in [1.807, 2.05) is 6.07 Å². The molecule has 2 unspecified atom stereocenters. The summed E-state index contributed by atoms with van der Waals surface area (Å²) in [6.45, 7) is 1.97. The van der Waals surface area contributed by atoms with Crippen LogP contribution in [0.15, 0.2) is 41.8 Å². The van der Waals surface area contributed by atoms with Gasteiger partial charge in [-0.2, -0.15) is 0 Å². The standard InChI is InChI=1S/C19H23ClN4OS/c20-14-4-1-3-13(11-14)19(25)21-15-6-8-24(9-7-15)18-12-16(22-23-18)17-5-2-10-26-17/h1-5,10-11,15-16,18,22-23H,6-9,12H2,(H,21,25). The molecule has 0 spiro atoms. The summed E-state index contributed by atoms with van der Waals surface area (Å²) in [5.74, 6) is -0.0376. The molecule has 7 heteroatoms. The minimum absolute atomic E-state index is 0.0376. The zero-order valence-corrected chi connectivity index (χ0v) is 16.0. The second kappa shape index (κ2) is 8.06. The second-order valence-corrected chi connectivity index (χ2v) is 8.32. The number of benzene rings is 1. The number of nitrogens with zero attached hydrogens (tertiary/aromatic N) is 1. The first-order valence-corrected chi connectivity index (χ1v) is 10.3. The number of likely N-dealkylation sites (tertiary alicyclic amines) is 1. The molecule has 0 radical (unpaired) electrons. The molecule has 2 atom stereocenters. The van der Waals surface area contributed by atoms with Crippen molar-refractivity contribution in [1.82, 2.24) is 21.1 Å². The molecule has 26 heavy (non-hydrogen) atoms. The number of piperidine rings is 1. The van der Waals surface area contributed by atoms with Gasteiger partial charge in [-0.15, -0.1) is 11.3 Å². The SMILES string of the molecule is O=C(NC1CCN(C2CC(c3cccs3)NN2)CC1)c1cccc(Cl)c1. The van der Waals surface area contributed by atoms with Gasteiger partial charge in [0.15, 0.2) is 0 Å². The van der Waals surface area contributed by atoms with Crippen LogP contribution < -0.4 is 16.2 Å². The molecule has 138 valence electrons. The molecule has 2 fully saturated rings. The summed E-state index contributed by atoms with van der Waals surface area (Å²) >= 11 is 7.77. The van der Waals surface area contributed by atoms with E-state index in [4.69, 9.17) is 11.6 Å². The van der Waals surface area contributed by atoms with Gasteiger partial charge in [-0.3, -0.25) is 9.69 Å². The highest BCUT2D eigenvalue weighted by Gasteiger charge is 2.32. The molecule has 4 rings (SSSR count). The van der Waals surface area contributed by atoms with Crippen molar-refractivity contribution in [2.45, 2.75) is 37.5 Å². The molecule has 2 aromatic rings. The fraction of sp³-hybridized carbons (Fsp3) is 0.421. The van der Waals surface area contributed by atoms with E-state index in [-0.39, 0.29) is 11.9 Å². The molecular formula is C19H23ClN4OS. The average molecular weight is 391 g/mol. The van der Waals surface area contributed by atoms with Crippen LogP contribution in [-0.2, 0) is 0 Å². The van der Waals surface area contributed by atoms with Gasteiger partial charge in [0.05, 0.1) is 12.2 Å². The predicted molar refractivity (Wildman–Crippen MR) is 105 cm³/mol. The molecule has 2 aliphatic heterocycles. The van der Waals surface area contributed by atoms with E-state index in [0.717, 1.165) is 32.4 Å². The Morgan fingerprint density at radius 3 is 2.77 bits per heavy atom. The zero-order valence-electron chi connectivity index (χ0n) is 14.5. The summed E-state index contributed by atoms with van der Waals surface area (Å²) in [5, 5.41) is 5.86. The zero-order chi connectivity index (χ0) is 17.9. The van der Waals surface area contributed by atoms with Crippen LogP contribution in [0.1, 0.15) is 40.5 Å². The largest absolute Gasteiger partial charge is 0.349 e. The van der Waals surface area contributed by atoms with Crippen LogP contribution in [0, 0.1) is 0 Å². The number of hydrogen-bond acceptors (Lipinski definition) is 5. The lowest BCUT2D eigenvalue weighted by molar-refractivity contribution is 0.0880. The molecule has 0 bridgehead atoms. The third-order valence-corrected chi connectivity index (χ3v) is 6.38. The third kappa shape index (κ3) is 4.10. The monoisotopic (exact) mass is 390 g/mol. The second-order valence-electron chi connectivity index (χ2n) is 6.90. The third-order valence-electron chi connectivity index (χ3n) is 5.16. The van der Waals surface area contributed by atoms with Crippen LogP contribution in [-0.4, -0.2) is 36.1 Å². The van der Waals surface area contributed by atoms with Crippen molar-refractivity contribution in [3.05, 3.63) is 57.2 Å². The Balaban J connectivity index is 1.26. The van der Waals surface area contributed by atoms with Crippen molar-refractivity contribution in [2.75, 3.05) is 13.1 Å². The summed E-state index contributed by atoms with van der Waals surface area (Å²) in [7, 11) is 0. The Morgan fingerprint density at radius 2 is 2.04 bits per heavy atom. The first-order chi connectivity index (χ1) is 12.7. The lowest BCUT2D eigenvalue weighted by Gasteiger charge is -2.35. The van der Waals surface area contributed by atoms with Crippen molar-refractivity contribution in [1.29, 1.82) is 0 Å². The van der Waals surface area contributed by atoms with E-state index in [2.05, 4.69) is 38.6 Å². The van der Waals surface area contributed by atoms with Gasteiger partial charge in [0.25, 0.3) is 5.91 Å². The van der Waals surface area contributed by atoms with Crippen LogP contribution in [0.5, 0.6) is 0 Å². The fourth-order valence-electron chi connectivity index (χ4n) is 3.71. The lowest BCUT2D eigenvalue weighted by Crippen LogP contribution is -2.51. The van der Waals surface area contributed by atoms with Crippen LogP contribution in [0.3, 0.4) is 0 Å². The quantitative estimate of drug-likeness (QED) is 0.750. The number of hydrogen-bond donors (Lipinski definition) is 3. The van der Waals surface area contributed by atoms with Crippen LogP contribution in [0.25, 0.3) is 0 Å². The molecule has 3 heterocycles. The first kappa shape index (κ1) is 17.9. The van der Waals surface area contributed by atoms with Gasteiger partial charge in [-0.25, -0.2) is 10.9 Å². The van der Waals surface area contributed by atoms with Crippen LogP contribution in [0.2, 0.25) is 5.02 Å². The maximum Gasteiger partial charge on any atom is 0.251 e. The highest BCUT2D eigenvalue weighted by atomic mass is 35.5. The molecule has 1 aromatic carbocycles. The number of carbonyl (C=O) groups is 1. The minimum atomic E-state index is -0.0376. The van der Waals surface area contributed by atoms with Gasteiger partial charge in [0.2, 0.25) is 0 Å². The highest BCUT2D eigenvalue weighted by Crippen LogP contribution is 2.28. The van der Waals surface area contributed by atoms with Crippen LogP contribution >= 0.6 is 22.9 Å². The Labute approximate surface area is 162 Å². The molecule has 3 N–H and O–H groups in total. The van der Waals surface area contributed by atoms with Gasteiger partial charge in [0.1, 0.15) is 0 Å². The van der Waals surface area contributed by atoms with Crippen molar-refractivity contribution in [3.8, 4) is 0 Å². The number of rotatable bonds is 4. The smallest absolute Gasteiger partial charge is 0.251 e. The Bertz CT molecular complexity index is 746. The van der Waals surface area contributed by atoms with Gasteiger partial charge in [-0.1, -0.05) is 23.7 Å². The molecule has 2 saturated heterocycles. The van der Waals surface area contributed by atoms with E-state index >= 15 is 0 Å². The lowest BCUT2D eigenvalue weighted by atomic mass is 10.0. The fourth-order valence-corrected chi connectivity index (χ4v) is 4.69. The molecule has 1 amide bonds. The van der Waals surface area contributed by atoms with Crippen molar-refractivity contribution in [3.63, 3.8) is 0 Å². The van der Waals surface area contributed by atoms with E-state index in [1.54, 1.807) is 29.5 Å². The van der Waals surface area contributed by atoms with Crippen molar-refractivity contribution >= 4 is 28.8 Å². The summed E-state index contributed by atoms with van der Waals surface area (Å²) in [4.78, 5) is 16.2. The maximum atomic E-state index is 12.4. The number of nitrogens with one attached hydrogen (secondary N) is 3. The van der Waals surface area contributed by atoms with Gasteiger partial charge in [-0.05, 0) is 48.9 Å². The first-order valence-electron chi connectivity index (χ1n) is 9.04. The number of hydrazine groups is 1. The van der Waals surface area contributed by atoms with E-state index < -0.39 is 0 Å². The normalized spacial score (nSPS) is 24.7. The Morgan fingerprint density at radius 1 is 1.19 bits per heavy atom. The van der Waals surface area contributed by atoms with Gasteiger partial charge in [0, 0.05) is 34.6 Å². The minimum Gasteiger partial charge on any atom is -0.349 e. The maximum absolute atomic E-state index is 12.4. The van der Waals surface area contributed by atoms with Crippen molar-refractivity contribution in [2.24, 2.45) is 0 Å². The summed E-state index contributed by atoms with van der Waals surface area (Å²) < 4.78 is 0. The molecule has 0 saturated carbocycles. The van der Waals surface area contributed by atoms with Gasteiger partial charge < -0.3 is 5.32 Å². The molecule has 5 nitrogen and oxygen atoms in total. The Kier molecular flexibility index (Phi) is 5.57. The van der Waals surface area contributed by atoms with Crippen molar-refractivity contribution < 1.29 is 4.79 Å². The molecule has 1 aromatic heterocycles. The van der Waals surface area contributed by atoms with Crippen LogP contribution in [0.4, 0.5) is 0 Å². The molecule has 0 aliphatic carbocycles. The average Bonchev–Trinajstić information content (AvgIpc) is 3.34. The van der Waals surface area contributed by atoms with E-state index in [1.165, 1.54) is 4.88 Å². The number of amides is 1. The highest BCUT2D eigenvalue weighted by molar-refractivity contribution is 7.10.